The number of nitrogen functional groups attached to an aromatic ring is 1. The number of amides is 1. The summed E-state index contributed by atoms with van der Waals surface area (Å²) in [5.41, 5.74) is 8.41. The maximum absolute atomic E-state index is 12.5. The number of carbonyl (C=O) groups is 1. The smallest absolute Gasteiger partial charge is 0.254 e. The Bertz CT molecular complexity index is 450. The third-order valence-electron chi connectivity index (χ3n) is 3.78. The molecule has 1 atom stereocenters. The minimum Gasteiger partial charge on any atom is -0.399 e. The van der Waals surface area contributed by atoms with E-state index in [0.717, 1.165) is 31.4 Å². The minimum absolute atomic E-state index is 0.0779. The molecule has 0 aliphatic carbocycles. The molecular formula is C14H19BN2O. The van der Waals surface area contributed by atoms with Gasteiger partial charge in [-0.15, -0.1) is 0 Å². The van der Waals surface area contributed by atoms with Gasteiger partial charge in [-0.1, -0.05) is 17.9 Å². The van der Waals surface area contributed by atoms with Crippen molar-refractivity contribution in [1.29, 1.82) is 0 Å². The van der Waals surface area contributed by atoms with Gasteiger partial charge in [0.1, 0.15) is 7.85 Å². The third-order valence-corrected chi connectivity index (χ3v) is 3.78. The average Bonchev–Trinajstić information content (AvgIpc) is 2.82. The van der Waals surface area contributed by atoms with Crippen molar-refractivity contribution in [2.24, 2.45) is 0 Å². The largest absolute Gasteiger partial charge is 0.399 e. The third kappa shape index (κ3) is 2.24. The zero-order chi connectivity index (χ0) is 13.3. The van der Waals surface area contributed by atoms with Crippen molar-refractivity contribution in [3.05, 3.63) is 23.3 Å². The van der Waals surface area contributed by atoms with Crippen LogP contribution in [0.4, 0.5) is 5.69 Å². The maximum Gasteiger partial charge on any atom is 0.254 e. The van der Waals surface area contributed by atoms with Gasteiger partial charge in [-0.25, -0.2) is 0 Å². The van der Waals surface area contributed by atoms with Crippen molar-refractivity contribution < 1.29 is 4.79 Å². The van der Waals surface area contributed by atoms with Crippen molar-refractivity contribution in [2.45, 2.75) is 39.2 Å². The predicted molar refractivity (Wildman–Crippen MR) is 75.3 cm³/mol. The first-order valence-electron chi connectivity index (χ1n) is 6.51. The summed E-state index contributed by atoms with van der Waals surface area (Å²) >= 11 is 0. The Morgan fingerprint density at radius 2 is 2.28 bits per heavy atom. The lowest BCUT2D eigenvalue weighted by Gasteiger charge is -2.24. The van der Waals surface area contributed by atoms with Gasteiger partial charge in [0.05, 0.1) is 0 Å². The molecule has 2 N–H and O–H groups in total. The van der Waals surface area contributed by atoms with Crippen LogP contribution in [0.2, 0.25) is 0 Å². The molecule has 0 bridgehead atoms. The van der Waals surface area contributed by atoms with Gasteiger partial charge in [-0.2, -0.15) is 0 Å². The molecule has 1 aromatic rings. The van der Waals surface area contributed by atoms with E-state index in [1.165, 1.54) is 0 Å². The topological polar surface area (TPSA) is 46.3 Å². The zero-order valence-corrected chi connectivity index (χ0v) is 11.1. The molecule has 1 fully saturated rings. The minimum atomic E-state index is 0.0779. The maximum atomic E-state index is 12.5. The lowest BCUT2D eigenvalue weighted by atomic mass is 9.88. The lowest BCUT2D eigenvalue weighted by Crippen LogP contribution is -2.35. The van der Waals surface area contributed by atoms with E-state index < -0.39 is 0 Å². The molecule has 4 heteroatoms. The number of benzene rings is 1. The monoisotopic (exact) mass is 242 g/mol. The Morgan fingerprint density at radius 1 is 1.56 bits per heavy atom. The van der Waals surface area contributed by atoms with E-state index in [9.17, 15) is 4.79 Å². The quantitative estimate of drug-likeness (QED) is 0.629. The molecule has 1 amide bonds. The second-order valence-corrected chi connectivity index (χ2v) is 5.00. The molecule has 2 rings (SSSR count). The lowest BCUT2D eigenvalue weighted by molar-refractivity contribution is 0.0733. The molecule has 1 aromatic carbocycles. The van der Waals surface area contributed by atoms with Crippen LogP contribution in [0.3, 0.4) is 0 Å². The fourth-order valence-corrected chi connectivity index (χ4v) is 2.64. The summed E-state index contributed by atoms with van der Waals surface area (Å²) in [5, 5.41) is 0. The van der Waals surface area contributed by atoms with E-state index in [-0.39, 0.29) is 5.91 Å². The van der Waals surface area contributed by atoms with Crippen molar-refractivity contribution in [3.63, 3.8) is 0 Å². The number of nitrogens with zero attached hydrogens (tertiary/aromatic N) is 1. The van der Waals surface area contributed by atoms with Gasteiger partial charge < -0.3 is 10.6 Å². The Labute approximate surface area is 110 Å². The van der Waals surface area contributed by atoms with E-state index in [1.807, 2.05) is 17.9 Å². The molecule has 1 heterocycles. The van der Waals surface area contributed by atoms with Crippen LogP contribution in [0, 0.1) is 6.92 Å². The summed E-state index contributed by atoms with van der Waals surface area (Å²) in [4.78, 5) is 14.4. The molecule has 1 aliphatic heterocycles. The molecule has 0 aromatic heterocycles. The summed E-state index contributed by atoms with van der Waals surface area (Å²) in [7, 11) is 5.81. The molecule has 18 heavy (non-hydrogen) atoms. The van der Waals surface area contributed by atoms with Crippen LogP contribution in [0.1, 0.15) is 42.1 Å². The standard InChI is InChI=1S/C14H19BN2O/c1-3-11-5-4-6-17(11)14(18)10-7-9(2)13(15)12(16)8-10/h7-8,11H,3-6,16H2,1-2H3. The molecule has 3 nitrogen and oxygen atoms in total. The van der Waals surface area contributed by atoms with Crippen LogP contribution < -0.4 is 11.2 Å². The van der Waals surface area contributed by atoms with Crippen molar-refractivity contribution in [2.75, 3.05) is 12.3 Å². The fraction of sp³-hybridized carbons (Fsp3) is 0.500. The van der Waals surface area contributed by atoms with Gasteiger partial charge in [0.15, 0.2) is 0 Å². The fourth-order valence-electron chi connectivity index (χ4n) is 2.64. The highest BCUT2D eigenvalue weighted by atomic mass is 16.2. The predicted octanol–water partition coefficient (Wildman–Crippen LogP) is 1.39. The highest BCUT2D eigenvalue weighted by Crippen LogP contribution is 2.23. The van der Waals surface area contributed by atoms with Gasteiger partial charge in [-0.05, 0) is 38.3 Å². The first-order chi connectivity index (χ1) is 8.54. The van der Waals surface area contributed by atoms with Crippen LogP contribution in [0.25, 0.3) is 0 Å². The number of carbonyl (C=O) groups excluding carboxylic acids is 1. The van der Waals surface area contributed by atoms with Crippen molar-refractivity contribution in [1.82, 2.24) is 4.90 Å². The van der Waals surface area contributed by atoms with Gasteiger partial charge in [0.2, 0.25) is 0 Å². The van der Waals surface area contributed by atoms with E-state index >= 15 is 0 Å². The number of hydrogen-bond donors (Lipinski definition) is 1. The molecule has 94 valence electrons. The van der Waals surface area contributed by atoms with Gasteiger partial charge in [0, 0.05) is 23.8 Å². The molecule has 1 saturated heterocycles. The van der Waals surface area contributed by atoms with E-state index in [1.54, 1.807) is 6.07 Å². The zero-order valence-electron chi connectivity index (χ0n) is 11.1. The SMILES string of the molecule is [B]c1c(C)cc(C(=O)N2CCCC2CC)cc1N. The summed E-state index contributed by atoms with van der Waals surface area (Å²) in [6.45, 7) is 4.85. The summed E-state index contributed by atoms with van der Waals surface area (Å²) in [6.07, 6.45) is 3.20. The summed E-state index contributed by atoms with van der Waals surface area (Å²) in [6, 6.07) is 3.89. The highest BCUT2D eigenvalue weighted by molar-refractivity contribution is 6.36. The molecule has 1 aliphatic rings. The molecule has 2 radical (unpaired) electrons. The molecule has 0 saturated carbocycles. The van der Waals surface area contributed by atoms with Crippen LogP contribution in [-0.4, -0.2) is 31.2 Å². The van der Waals surface area contributed by atoms with E-state index in [4.69, 9.17) is 13.6 Å². The highest BCUT2D eigenvalue weighted by Gasteiger charge is 2.28. The average molecular weight is 242 g/mol. The Kier molecular flexibility index (Phi) is 3.64. The van der Waals surface area contributed by atoms with Crippen LogP contribution >= 0.6 is 0 Å². The van der Waals surface area contributed by atoms with Crippen LogP contribution in [0.15, 0.2) is 12.1 Å². The number of hydrogen-bond acceptors (Lipinski definition) is 2. The van der Waals surface area contributed by atoms with Crippen LogP contribution in [-0.2, 0) is 0 Å². The number of anilines is 1. The normalized spacial score (nSPS) is 19.2. The first kappa shape index (κ1) is 13.0. The first-order valence-corrected chi connectivity index (χ1v) is 6.51. The summed E-state index contributed by atoms with van der Waals surface area (Å²) in [5.74, 6) is 0.0779. The number of nitrogens with two attached hydrogens (primary N) is 1. The second-order valence-electron chi connectivity index (χ2n) is 5.00. The Balaban J connectivity index is 2.29. The van der Waals surface area contributed by atoms with Gasteiger partial charge >= 0.3 is 0 Å². The Hall–Kier alpha value is -1.45. The number of aryl methyl sites for hydroxylation is 1. The van der Waals surface area contributed by atoms with Gasteiger partial charge in [0.25, 0.3) is 5.91 Å². The van der Waals surface area contributed by atoms with Gasteiger partial charge in [-0.3, -0.25) is 4.79 Å². The van der Waals surface area contributed by atoms with E-state index in [2.05, 4.69) is 6.92 Å². The van der Waals surface area contributed by atoms with E-state index in [0.29, 0.717) is 22.8 Å². The number of likely N-dealkylation sites (tertiary alicyclic amines) is 1. The number of rotatable bonds is 2. The summed E-state index contributed by atoms with van der Waals surface area (Å²) < 4.78 is 0. The van der Waals surface area contributed by atoms with Crippen molar-refractivity contribution in [3.8, 4) is 0 Å². The molecule has 1 unspecified atom stereocenters. The molecular weight excluding hydrogens is 223 g/mol. The Morgan fingerprint density at radius 3 is 2.89 bits per heavy atom. The van der Waals surface area contributed by atoms with Crippen LogP contribution in [0.5, 0.6) is 0 Å². The second kappa shape index (κ2) is 5.05. The molecule has 0 spiro atoms. The van der Waals surface area contributed by atoms with Crippen molar-refractivity contribution >= 4 is 24.9 Å².